The third kappa shape index (κ3) is 5.74. The van der Waals surface area contributed by atoms with Crippen LogP contribution in [0.1, 0.15) is 38.8 Å². The summed E-state index contributed by atoms with van der Waals surface area (Å²) in [4.78, 5) is 0. The average Bonchev–Trinajstić information content (AvgIpc) is 2.74. The summed E-state index contributed by atoms with van der Waals surface area (Å²) in [5.74, 6) is 0. The average molecular weight is 345 g/mol. The molecule has 4 aromatic carbocycles. The van der Waals surface area contributed by atoms with E-state index in [0.29, 0.717) is 0 Å². The monoisotopic (exact) mass is 344 g/mol. The van der Waals surface area contributed by atoms with Crippen LogP contribution in [0.5, 0.6) is 0 Å². The van der Waals surface area contributed by atoms with Crippen molar-refractivity contribution in [2.45, 2.75) is 41.5 Å². The minimum Gasteiger partial charge on any atom is -0.0683 e. The highest BCUT2D eigenvalue weighted by Gasteiger charge is 1.97. The van der Waals surface area contributed by atoms with Gasteiger partial charge in [0.2, 0.25) is 0 Å². The maximum atomic E-state index is 2.18. The molecule has 0 saturated carbocycles. The lowest BCUT2D eigenvalue weighted by Gasteiger charge is -2.03. The molecule has 26 heavy (non-hydrogen) atoms. The number of hydrogen-bond donors (Lipinski definition) is 0. The molecule has 0 radical (unpaired) electrons. The van der Waals surface area contributed by atoms with Crippen LogP contribution in [0.3, 0.4) is 0 Å². The zero-order valence-electron chi connectivity index (χ0n) is 17.1. The Balaban J connectivity index is 0.000000221. The molecule has 0 nitrogen and oxygen atoms in total. The Morgan fingerprint density at radius 1 is 0.385 bits per heavy atom. The first-order valence-electron chi connectivity index (χ1n) is 9.64. The standard InChI is InChI=1S/C12H12.C10H8.2C2H6/c1-9-7-8-10(2)12-6-4-3-5-11(9)12;1-2-6-10-8-4-3-7-9(10)5-1;2*1-2/h3-8H,1-2H3;1-8H;2*1-2H3. The molecule has 136 valence electrons. The Hall–Kier alpha value is -2.60. The van der Waals surface area contributed by atoms with Crippen molar-refractivity contribution >= 4 is 21.5 Å². The van der Waals surface area contributed by atoms with E-state index < -0.39 is 0 Å². The van der Waals surface area contributed by atoms with Gasteiger partial charge in [-0.25, -0.2) is 0 Å². The van der Waals surface area contributed by atoms with Crippen LogP contribution in [0, 0.1) is 13.8 Å². The summed E-state index contributed by atoms with van der Waals surface area (Å²) in [6.07, 6.45) is 0. The van der Waals surface area contributed by atoms with Crippen LogP contribution in [0.15, 0.2) is 84.9 Å². The van der Waals surface area contributed by atoms with E-state index >= 15 is 0 Å². The van der Waals surface area contributed by atoms with Gasteiger partial charge in [-0.3, -0.25) is 0 Å². The van der Waals surface area contributed by atoms with Crippen molar-refractivity contribution in [2.75, 3.05) is 0 Å². The Labute approximate surface area is 159 Å². The molecule has 0 aliphatic heterocycles. The fourth-order valence-corrected chi connectivity index (χ4v) is 2.73. The second kappa shape index (κ2) is 11.9. The highest BCUT2D eigenvalue weighted by Crippen LogP contribution is 2.21. The van der Waals surface area contributed by atoms with Gasteiger partial charge in [-0.05, 0) is 46.5 Å². The van der Waals surface area contributed by atoms with Gasteiger partial charge in [0.05, 0.1) is 0 Å². The zero-order valence-corrected chi connectivity index (χ0v) is 17.1. The maximum absolute atomic E-state index is 2.18. The summed E-state index contributed by atoms with van der Waals surface area (Å²) in [5.41, 5.74) is 2.72. The van der Waals surface area contributed by atoms with E-state index in [1.54, 1.807) is 0 Å². The molecule has 0 heterocycles. The minimum atomic E-state index is 1.31. The predicted octanol–water partition coefficient (Wildman–Crippen LogP) is 8.35. The Bertz CT molecular complexity index is 798. The molecule has 0 amide bonds. The molecule has 0 bridgehead atoms. The molecule has 0 fully saturated rings. The third-order valence-corrected chi connectivity index (χ3v) is 4.02. The van der Waals surface area contributed by atoms with Gasteiger partial charge in [0, 0.05) is 0 Å². The lowest BCUT2D eigenvalue weighted by Crippen LogP contribution is -1.80. The van der Waals surface area contributed by atoms with Crippen LogP contribution in [0.25, 0.3) is 21.5 Å². The Morgan fingerprint density at radius 3 is 0.962 bits per heavy atom. The van der Waals surface area contributed by atoms with Crippen molar-refractivity contribution in [3.63, 3.8) is 0 Å². The van der Waals surface area contributed by atoms with E-state index in [-0.39, 0.29) is 0 Å². The van der Waals surface area contributed by atoms with Crippen LogP contribution in [-0.4, -0.2) is 0 Å². The van der Waals surface area contributed by atoms with E-state index in [1.165, 1.54) is 32.7 Å². The first-order valence-corrected chi connectivity index (χ1v) is 9.64. The van der Waals surface area contributed by atoms with Crippen LogP contribution in [0.2, 0.25) is 0 Å². The Morgan fingerprint density at radius 2 is 0.654 bits per heavy atom. The van der Waals surface area contributed by atoms with Gasteiger partial charge in [-0.1, -0.05) is 113 Å². The van der Waals surface area contributed by atoms with E-state index in [4.69, 9.17) is 0 Å². The fourth-order valence-electron chi connectivity index (χ4n) is 2.73. The van der Waals surface area contributed by atoms with Crippen molar-refractivity contribution in [3.05, 3.63) is 96.1 Å². The highest BCUT2D eigenvalue weighted by molar-refractivity contribution is 5.88. The lowest BCUT2D eigenvalue weighted by atomic mass is 10.0. The van der Waals surface area contributed by atoms with E-state index in [2.05, 4.69) is 98.8 Å². The molecule has 0 unspecified atom stereocenters. The number of rotatable bonds is 0. The molecule has 0 aliphatic rings. The van der Waals surface area contributed by atoms with Crippen molar-refractivity contribution in [2.24, 2.45) is 0 Å². The zero-order chi connectivity index (χ0) is 19.4. The first-order chi connectivity index (χ1) is 12.8. The molecular weight excluding hydrogens is 312 g/mol. The Kier molecular flexibility index (Phi) is 9.79. The van der Waals surface area contributed by atoms with Gasteiger partial charge in [-0.15, -0.1) is 0 Å². The molecule has 0 aromatic heterocycles. The van der Waals surface area contributed by atoms with E-state index in [1.807, 2.05) is 27.7 Å². The highest BCUT2D eigenvalue weighted by atomic mass is 14.0. The number of hydrogen-bond acceptors (Lipinski definition) is 0. The molecule has 0 atom stereocenters. The molecule has 4 rings (SSSR count). The topological polar surface area (TPSA) is 0 Å². The number of aryl methyl sites for hydroxylation is 2. The first kappa shape index (κ1) is 21.4. The van der Waals surface area contributed by atoms with Gasteiger partial charge < -0.3 is 0 Å². The molecule has 0 aliphatic carbocycles. The number of benzene rings is 4. The van der Waals surface area contributed by atoms with Crippen molar-refractivity contribution < 1.29 is 0 Å². The van der Waals surface area contributed by atoms with E-state index in [0.717, 1.165) is 0 Å². The van der Waals surface area contributed by atoms with Crippen molar-refractivity contribution in [3.8, 4) is 0 Å². The smallest absolute Gasteiger partial charge is 0.0152 e. The van der Waals surface area contributed by atoms with Crippen molar-refractivity contribution in [1.29, 1.82) is 0 Å². The largest absolute Gasteiger partial charge is 0.0683 e. The van der Waals surface area contributed by atoms with Crippen LogP contribution in [0.4, 0.5) is 0 Å². The molecular formula is C26H32. The van der Waals surface area contributed by atoms with Crippen molar-refractivity contribution in [1.82, 2.24) is 0 Å². The second-order valence-corrected chi connectivity index (χ2v) is 5.59. The molecule has 0 N–H and O–H groups in total. The maximum Gasteiger partial charge on any atom is -0.0152 e. The summed E-state index contributed by atoms with van der Waals surface area (Å²) >= 11 is 0. The normalized spacial score (nSPS) is 9.15. The van der Waals surface area contributed by atoms with Gasteiger partial charge >= 0.3 is 0 Å². The van der Waals surface area contributed by atoms with E-state index in [9.17, 15) is 0 Å². The SMILES string of the molecule is CC.CC.Cc1ccc(C)c2ccccc12.c1ccc2ccccc2c1. The minimum absolute atomic E-state index is 1.31. The van der Waals surface area contributed by atoms with Crippen LogP contribution >= 0.6 is 0 Å². The summed E-state index contributed by atoms with van der Waals surface area (Å²) in [7, 11) is 0. The second-order valence-electron chi connectivity index (χ2n) is 5.59. The van der Waals surface area contributed by atoms with Gasteiger partial charge in [-0.2, -0.15) is 0 Å². The summed E-state index contributed by atoms with van der Waals surface area (Å²) < 4.78 is 0. The molecule has 4 aromatic rings. The third-order valence-electron chi connectivity index (χ3n) is 4.02. The molecule has 0 spiro atoms. The van der Waals surface area contributed by atoms with Gasteiger partial charge in [0.25, 0.3) is 0 Å². The molecule has 0 saturated heterocycles. The van der Waals surface area contributed by atoms with Crippen LogP contribution in [-0.2, 0) is 0 Å². The van der Waals surface area contributed by atoms with Crippen LogP contribution < -0.4 is 0 Å². The quantitative estimate of drug-likeness (QED) is 0.300. The summed E-state index contributed by atoms with van der Waals surface area (Å²) in [6, 6.07) is 29.6. The molecule has 0 heteroatoms. The van der Waals surface area contributed by atoms with Gasteiger partial charge in [0.15, 0.2) is 0 Å². The fraction of sp³-hybridized carbons (Fsp3) is 0.231. The van der Waals surface area contributed by atoms with Gasteiger partial charge in [0.1, 0.15) is 0 Å². The summed E-state index contributed by atoms with van der Waals surface area (Å²) in [6.45, 7) is 12.3. The predicted molar refractivity (Wildman–Crippen MR) is 120 cm³/mol. The summed E-state index contributed by atoms with van der Waals surface area (Å²) in [5, 5.41) is 5.37. The lowest BCUT2D eigenvalue weighted by molar-refractivity contribution is 1.46. The number of fused-ring (bicyclic) bond motifs is 2.